The van der Waals surface area contributed by atoms with Crippen LogP contribution in [0, 0.1) is 12.8 Å². The molecular formula is C29H27N3O3. The highest BCUT2D eigenvalue weighted by molar-refractivity contribution is 5.72. The molecule has 1 atom stereocenters. The Balaban J connectivity index is 1.18. The second-order valence-electron chi connectivity index (χ2n) is 9.69. The van der Waals surface area contributed by atoms with Gasteiger partial charge in [-0.15, -0.1) is 0 Å². The minimum atomic E-state index is -0.679. The SMILES string of the molecule is Cc1cc(-c2nc(-c3ccc4c(c3)CC[C@H]4N[C@H]3C[C@H](C(=O)O)C3)no2)ccc1-c1ccccc1. The Hall–Kier alpha value is -3.77. The van der Waals surface area contributed by atoms with E-state index in [-0.39, 0.29) is 12.0 Å². The van der Waals surface area contributed by atoms with E-state index in [1.165, 1.54) is 22.3 Å². The van der Waals surface area contributed by atoms with Gasteiger partial charge in [0.05, 0.1) is 5.92 Å². The van der Waals surface area contributed by atoms with Crippen LogP contribution in [0.3, 0.4) is 0 Å². The zero-order valence-corrected chi connectivity index (χ0v) is 19.6. The number of nitrogens with zero attached hydrogens (tertiary/aromatic N) is 2. The summed E-state index contributed by atoms with van der Waals surface area (Å²) >= 11 is 0. The number of hydrogen-bond donors (Lipinski definition) is 2. The van der Waals surface area contributed by atoms with E-state index < -0.39 is 5.97 Å². The van der Waals surface area contributed by atoms with Crippen LogP contribution in [-0.4, -0.2) is 27.3 Å². The van der Waals surface area contributed by atoms with Gasteiger partial charge in [-0.05, 0) is 78.6 Å². The first-order valence-electron chi connectivity index (χ1n) is 12.2. The third kappa shape index (κ3) is 4.15. The van der Waals surface area contributed by atoms with Crippen molar-refractivity contribution in [2.45, 2.75) is 44.7 Å². The smallest absolute Gasteiger partial charge is 0.306 e. The second kappa shape index (κ2) is 8.78. The van der Waals surface area contributed by atoms with Gasteiger partial charge in [0, 0.05) is 23.2 Å². The van der Waals surface area contributed by atoms with Crippen molar-refractivity contribution < 1.29 is 14.4 Å². The summed E-state index contributed by atoms with van der Waals surface area (Å²) in [5.41, 5.74) is 7.99. The Morgan fingerprint density at radius 1 is 1.00 bits per heavy atom. The Kier molecular flexibility index (Phi) is 5.46. The van der Waals surface area contributed by atoms with Gasteiger partial charge in [0.2, 0.25) is 5.82 Å². The topological polar surface area (TPSA) is 88.2 Å². The van der Waals surface area contributed by atoms with E-state index in [2.05, 4.69) is 64.8 Å². The van der Waals surface area contributed by atoms with Crippen molar-refractivity contribution in [2.24, 2.45) is 5.92 Å². The summed E-state index contributed by atoms with van der Waals surface area (Å²) < 4.78 is 5.63. The molecule has 0 amide bonds. The number of benzene rings is 3. The quantitative estimate of drug-likeness (QED) is 0.373. The first kappa shape index (κ1) is 21.7. The van der Waals surface area contributed by atoms with Crippen molar-refractivity contribution in [3.8, 4) is 34.0 Å². The fourth-order valence-corrected chi connectivity index (χ4v) is 5.37. The summed E-state index contributed by atoms with van der Waals surface area (Å²) in [6.07, 6.45) is 3.45. The Bertz CT molecular complexity index is 1390. The zero-order chi connectivity index (χ0) is 23.9. The molecule has 35 heavy (non-hydrogen) atoms. The molecule has 0 bridgehead atoms. The molecule has 0 spiro atoms. The van der Waals surface area contributed by atoms with Crippen LogP contribution in [0.5, 0.6) is 0 Å². The average Bonchev–Trinajstić information content (AvgIpc) is 3.48. The molecule has 0 saturated heterocycles. The lowest BCUT2D eigenvalue weighted by Crippen LogP contribution is -2.45. The fraction of sp³-hybridized carbons (Fsp3) is 0.276. The fourth-order valence-electron chi connectivity index (χ4n) is 5.37. The number of aromatic nitrogens is 2. The number of carboxylic acids is 1. The number of carboxylic acid groups (broad SMARTS) is 1. The largest absolute Gasteiger partial charge is 0.481 e. The molecule has 6 nitrogen and oxygen atoms in total. The van der Waals surface area contributed by atoms with E-state index in [0.29, 0.717) is 17.8 Å². The first-order chi connectivity index (χ1) is 17.0. The van der Waals surface area contributed by atoms with E-state index >= 15 is 0 Å². The van der Waals surface area contributed by atoms with Crippen molar-refractivity contribution in [3.05, 3.63) is 83.4 Å². The molecule has 0 aliphatic heterocycles. The highest BCUT2D eigenvalue weighted by atomic mass is 16.5. The van der Waals surface area contributed by atoms with E-state index in [1.807, 2.05) is 24.3 Å². The number of nitrogens with one attached hydrogen (secondary N) is 1. The molecule has 2 aliphatic rings. The molecule has 4 aromatic rings. The Labute approximate surface area is 204 Å². The molecule has 1 saturated carbocycles. The van der Waals surface area contributed by atoms with Crippen LogP contribution in [0.4, 0.5) is 0 Å². The maximum atomic E-state index is 11.1. The Morgan fingerprint density at radius 2 is 1.80 bits per heavy atom. The number of aryl methyl sites for hydroxylation is 2. The molecule has 2 N–H and O–H groups in total. The van der Waals surface area contributed by atoms with Crippen LogP contribution in [0.1, 0.15) is 42.0 Å². The molecule has 6 heteroatoms. The lowest BCUT2D eigenvalue weighted by atomic mass is 9.80. The van der Waals surface area contributed by atoms with Crippen LogP contribution < -0.4 is 5.32 Å². The molecule has 176 valence electrons. The number of carbonyl (C=O) groups is 1. The van der Waals surface area contributed by atoms with Gasteiger partial charge >= 0.3 is 5.97 Å². The van der Waals surface area contributed by atoms with Crippen LogP contribution in [0.15, 0.2) is 71.3 Å². The third-order valence-corrected chi connectivity index (χ3v) is 7.39. The maximum absolute atomic E-state index is 11.1. The van der Waals surface area contributed by atoms with Crippen molar-refractivity contribution >= 4 is 5.97 Å². The van der Waals surface area contributed by atoms with E-state index in [4.69, 9.17) is 9.63 Å². The average molecular weight is 466 g/mol. The highest BCUT2D eigenvalue weighted by Crippen LogP contribution is 2.37. The van der Waals surface area contributed by atoms with Crippen LogP contribution in [-0.2, 0) is 11.2 Å². The summed E-state index contributed by atoms with van der Waals surface area (Å²) in [4.78, 5) is 15.8. The van der Waals surface area contributed by atoms with E-state index in [9.17, 15) is 4.79 Å². The Morgan fingerprint density at radius 3 is 2.57 bits per heavy atom. The molecule has 1 heterocycles. The summed E-state index contributed by atoms with van der Waals surface area (Å²) in [7, 11) is 0. The zero-order valence-electron chi connectivity index (χ0n) is 19.6. The van der Waals surface area contributed by atoms with Gasteiger partial charge < -0.3 is 14.9 Å². The summed E-state index contributed by atoms with van der Waals surface area (Å²) in [6, 6.07) is 23.5. The normalized spacial score (nSPS) is 20.9. The lowest BCUT2D eigenvalue weighted by Gasteiger charge is -2.35. The van der Waals surface area contributed by atoms with Crippen molar-refractivity contribution in [3.63, 3.8) is 0 Å². The number of fused-ring (bicyclic) bond motifs is 1. The maximum Gasteiger partial charge on any atom is 0.306 e. The monoisotopic (exact) mass is 465 g/mol. The second-order valence-corrected chi connectivity index (χ2v) is 9.69. The molecule has 3 aromatic carbocycles. The summed E-state index contributed by atoms with van der Waals surface area (Å²) in [5.74, 6) is 0.232. The standard InChI is InChI=1S/C29H27N3O3/c1-17-13-21(8-10-24(17)18-5-3-2-4-6-18)28-31-27(32-35-28)20-7-11-25-19(14-20)9-12-26(25)30-23-15-22(16-23)29(33)34/h2-8,10-11,13-14,22-23,26,30H,9,12,15-16H2,1H3,(H,33,34)/t22-,23-,26-/m1/s1. The van der Waals surface area contributed by atoms with Crippen molar-refractivity contribution in [2.75, 3.05) is 0 Å². The van der Waals surface area contributed by atoms with E-state index in [0.717, 1.165) is 42.4 Å². The van der Waals surface area contributed by atoms with Gasteiger partial charge in [0.15, 0.2) is 0 Å². The highest BCUT2D eigenvalue weighted by Gasteiger charge is 2.36. The van der Waals surface area contributed by atoms with Crippen LogP contribution >= 0.6 is 0 Å². The molecule has 1 fully saturated rings. The van der Waals surface area contributed by atoms with Gasteiger partial charge in [-0.2, -0.15) is 4.98 Å². The number of rotatable bonds is 6. The first-order valence-corrected chi connectivity index (χ1v) is 12.2. The molecule has 0 radical (unpaired) electrons. The van der Waals surface area contributed by atoms with E-state index in [1.54, 1.807) is 0 Å². The van der Waals surface area contributed by atoms with Gasteiger partial charge in [-0.1, -0.05) is 53.7 Å². The van der Waals surface area contributed by atoms with Crippen molar-refractivity contribution in [1.29, 1.82) is 0 Å². The van der Waals surface area contributed by atoms with Gasteiger partial charge in [0.1, 0.15) is 0 Å². The minimum Gasteiger partial charge on any atom is -0.481 e. The summed E-state index contributed by atoms with van der Waals surface area (Å²) in [6.45, 7) is 2.10. The summed E-state index contributed by atoms with van der Waals surface area (Å²) in [5, 5.41) is 17.0. The van der Waals surface area contributed by atoms with Crippen LogP contribution in [0.2, 0.25) is 0 Å². The van der Waals surface area contributed by atoms with Gasteiger partial charge in [0.25, 0.3) is 5.89 Å². The lowest BCUT2D eigenvalue weighted by molar-refractivity contribution is -0.145. The number of hydrogen-bond acceptors (Lipinski definition) is 5. The molecule has 6 rings (SSSR count). The van der Waals surface area contributed by atoms with Crippen molar-refractivity contribution in [1.82, 2.24) is 15.5 Å². The number of aliphatic carboxylic acids is 1. The third-order valence-electron chi connectivity index (χ3n) is 7.39. The molecule has 2 aliphatic carbocycles. The van der Waals surface area contributed by atoms with Gasteiger partial charge in [-0.3, -0.25) is 4.79 Å². The van der Waals surface area contributed by atoms with Gasteiger partial charge in [-0.25, -0.2) is 0 Å². The predicted octanol–water partition coefficient (Wildman–Crippen LogP) is 5.82. The molecular weight excluding hydrogens is 438 g/mol. The molecule has 1 aromatic heterocycles. The van der Waals surface area contributed by atoms with Crippen LogP contribution in [0.25, 0.3) is 34.0 Å². The minimum absolute atomic E-state index is 0.193. The predicted molar refractivity (Wildman–Crippen MR) is 134 cm³/mol. The molecule has 0 unspecified atom stereocenters.